The second kappa shape index (κ2) is 9.41. The van der Waals surface area contributed by atoms with Crippen molar-refractivity contribution in [1.82, 2.24) is 5.32 Å². The van der Waals surface area contributed by atoms with Gasteiger partial charge in [0.25, 0.3) is 15.9 Å². The maximum absolute atomic E-state index is 12.9. The Kier molecular flexibility index (Phi) is 6.87. The molecule has 162 valence electrons. The van der Waals surface area contributed by atoms with Gasteiger partial charge in [0.2, 0.25) is 0 Å². The molecule has 0 fully saturated rings. The van der Waals surface area contributed by atoms with Gasteiger partial charge in [0, 0.05) is 5.56 Å². The molecule has 3 aromatic rings. The number of ether oxygens (including phenoxy) is 1. The van der Waals surface area contributed by atoms with Gasteiger partial charge in [-0.2, -0.15) is 0 Å². The summed E-state index contributed by atoms with van der Waals surface area (Å²) in [5, 5.41) is 2.90. The maximum Gasteiger partial charge on any atom is 0.263 e. The van der Waals surface area contributed by atoms with Crippen molar-refractivity contribution in [2.75, 3.05) is 11.8 Å². The van der Waals surface area contributed by atoms with Gasteiger partial charge in [0.05, 0.1) is 23.9 Å². The smallest absolute Gasteiger partial charge is 0.263 e. The average molecular weight is 459 g/mol. The summed E-state index contributed by atoms with van der Waals surface area (Å²) >= 11 is 6.16. The number of para-hydroxylation sites is 1. The van der Waals surface area contributed by atoms with Crippen LogP contribution < -0.4 is 14.8 Å². The van der Waals surface area contributed by atoms with E-state index in [0.717, 1.165) is 16.9 Å². The van der Waals surface area contributed by atoms with Crippen molar-refractivity contribution < 1.29 is 17.9 Å². The van der Waals surface area contributed by atoms with Crippen molar-refractivity contribution in [3.63, 3.8) is 0 Å². The number of sulfonamides is 1. The highest BCUT2D eigenvalue weighted by atomic mass is 35.5. The van der Waals surface area contributed by atoms with E-state index in [1.165, 1.54) is 18.2 Å². The molecule has 2 N–H and O–H groups in total. The predicted octanol–water partition coefficient (Wildman–Crippen LogP) is 4.95. The first kappa shape index (κ1) is 22.7. The molecule has 0 spiro atoms. The lowest BCUT2D eigenvalue weighted by Crippen LogP contribution is -2.27. The number of nitrogens with one attached hydrogen (secondary N) is 2. The third-order valence-electron chi connectivity index (χ3n) is 4.84. The number of carbonyl (C=O) groups is 1. The van der Waals surface area contributed by atoms with Crippen LogP contribution in [0.2, 0.25) is 5.02 Å². The summed E-state index contributed by atoms with van der Waals surface area (Å²) < 4.78 is 33.5. The van der Waals surface area contributed by atoms with Gasteiger partial charge in [0.15, 0.2) is 0 Å². The van der Waals surface area contributed by atoms with Gasteiger partial charge >= 0.3 is 0 Å². The molecule has 3 rings (SSSR count). The number of aryl methyl sites for hydroxylation is 1. The Bertz CT molecular complexity index is 1190. The van der Waals surface area contributed by atoms with E-state index in [9.17, 15) is 13.2 Å². The molecule has 1 unspecified atom stereocenters. The van der Waals surface area contributed by atoms with Crippen molar-refractivity contribution >= 4 is 33.2 Å². The summed E-state index contributed by atoms with van der Waals surface area (Å²) in [6, 6.07) is 18.2. The van der Waals surface area contributed by atoms with Crippen molar-refractivity contribution in [3.8, 4) is 5.75 Å². The number of benzene rings is 3. The first-order valence-electron chi connectivity index (χ1n) is 9.54. The Balaban J connectivity index is 1.82. The van der Waals surface area contributed by atoms with Crippen LogP contribution in [0.4, 0.5) is 5.69 Å². The summed E-state index contributed by atoms with van der Waals surface area (Å²) in [6.45, 7) is 3.64. The number of anilines is 1. The molecule has 31 heavy (non-hydrogen) atoms. The molecule has 1 amide bonds. The summed E-state index contributed by atoms with van der Waals surface area (Å²) in [7, 11) is -2.40. The molecule has 8 heteroatoms. The van der Waals surface area contributed by atoms with Crippen LogP contribution in [-0.4, -0.2) is 21.4 Å². The Morgan fingerprint density at radius 2 is 1.71 bits per heavy atom. The van der Waals surface area contributed by atoms with E-state index in [4.69, 9.17) is 16.3 Å². The fraction of sp³-hybridized carbons (Fsp3) is 0.174. The summed E-state index contributed by atoms with van der Waals surface area (Å²) in [6.07, 6.45) is 0. The van der Waals surface area contributed by atoms with Gasteiger partial charge in [-0.25, -0.2) is 8.42 Å². The fourth-order valence-electron chi connectivity index (χ4n) is 2.99. The topological polar surface area (TPSA) is 84.5 Å². The Hall–Kier alpha value is -3.03. The van der Waals surface area contributed by atoms with E-state index < -0.39 is 15.9 Å². The lowest BCUT2D eigenvalue weighted by molar-refractivity contribution is 0.0939. The molecule has 0 bridgehead atoms. The molecular weight excluding hydrogens is 436 g/mol. The van der Waals surface area contributed by atoms with Crippen LogP contribution in [0, 0.1) is 6.92 Å². The quantitative estimate of drug-likeness (QED) is 0.524. The molecule has 0 aliphatic heterocycles. The molecule has 0 heterocycles. The van der Waals surface area contributed by atoms with E-state index in [1.807, 2.05) is 37.3 Å². The van der Waals surface area contributed by atoms with Crippen molar-refractivity contribution in [1.29, 1.82) is 0 Å². The molecule has 0 saturated heterocycles. The minimum atomic E-state index is -3.99. The monoisotopic (exact) mass is 458 g/mol. The molecule has 0 aliphatic carbocycles. The lowest BCUT2D eigenvalue weighted by Gasteiger charge is -2.16. The highest BCUT2D eigenvalue weighted by Gasteiger charge is 2.21. The molecule has 0 aliphatic rings. The van der Waals surface area contributed by atoms with Crippen LogP contribution in [0.3, 0.4) is 0 Å². The Morgan fingerprint density at radius 3 is 2.35 bits per heavy atom. The van der Waals surface area contributed by atoms with Crippen LogP contribution >= 0.6 is 11.6 Å². The first-order valence-corrected chi connectivity index (χ1v) is 11.4. The molecule has 0 radical (unpaired) electrons. The zero-order valence-corrected chi connectivity index (χ0v) is 18.9. The second-order valence-electron chi connectivity index (χ2n) is 7.03. The molecule has 6 nitrogen and oxygen atoms in total. The normalized spacial score (nSPS) is 12.1. The van der Waals surface area contributed by atoms with Gasteiger partial charge in [-0.3, -0.25) is 9.52 Å². The number of hydrogen-bond donors (Lipinski definition) is 2. The Morgan fingerprint density at radius 1 is 1.03 bits per heavy atom. The number of amides is 1. The van der Waals surface area contributed by atoms with E-state index >= 15 is 0 Å². The number of rotatable bonds is 7. The van der Waals surface area contributed by atoms with Gasteiger partial charge in [0.1, 0.15) is 10.6 Å². The highest BCUT2D eigenvalue weighted by Crippen LogP contribution is 2.26. The van der Waals surface area contributed by atoms with Gasteiger partial charge < -0.3 is 10.1 Å². The van der Waals surface area contributed by atoms with Gasteiger partial charge in [-0.1, -0.05) is 41.9 Å². The van der Waals surface area contributed by atoms with Gasteiger partial charge in [-0.15, -0.1) is 0 Å². The number of methoxy groups -OCH3 is 1. The summed E-state index contributed by atoms with van der Waals surface area (Å²) in [5.74, 6) is 0.309. The van der Waals surface area contributed by atoms with E-state index in [-0.39, 0.29) is 21.5 Å². The van der Waals surface area contributed by atoms with E-state index in [2.05, 4.69) is 10.0 Å². The summed E-state index contributed by atoms with van der Waals surface area (Å²) in [4.78, 5) is 12.6. The second-order valence-corrected chi connectivity index (χ2v) is 9.09. The minimum absolute atomic E-state index is 0.0286. The zero-order chi connectivity index (χ0) is 22.6. The standard InChI is InChI=1S/C23H23ClN2O4S/c1-15-6-4-5-7-21(15)26-31(28,29)22-14-18(10-13-20(22)24)23(27)25-16(2)17-8-11-19(30-3)12-9-17/h4-14,16,26H,1-3H3,(H,25,27). The molecule has 0 aromatic heterocycles. The minimum Gasteiger partial charge on any atom is -0.497 e. The largest absolute Gasteiger partial charge is 0.497 e. The van der Waals surface area contributed by atoms with Crippen LogP contribution in [-0.2, 0) is 10.0 Å². The molecule has 3 aromatic carbocycles. The van der Waals surface area contributed by atoms with E-state index in [1.54, 1.807) is 32.2 Å². The first-order chi connectivity index (χ1) is 14.7. The summed E-state index contributed by atoms with van der Waals surface area (Å²) in [5.41, 5.74) is 2.29. The van der Waals surface area contributed by atoms with Crippen LogP contribution in [0.25, 0.3) is 0 Å². The fourth-order valence-corrected chi connectivity index (χ4v) is 4.65. The third kappa shape index (κ3) is 5.37. The molecule has 0 saturated carbocycles. The van der Waals surface area contributed by atoms with Gasteiger partial charge in [-0.05, 0) is 61.4 Å². The lowest BCUT2D eigenvalue weighted by atomic mass is 10.1. The Labute approximate surface area is 187 Å². The molecular formula is C23H23ClN2O4S. The maximum atomic E-state index is 12.9. The zero-order valence-electron chi connectivity index (χ0n) is 17.3. The predicted molar refractivity (Wildman–Crippen MR) is 122 cm³/mol. The van der Waals surface area contributed by atoms with Crippen LogP contribution in [0.5, 0.6) is 5.75 Å². The van der Waals surface area contributed by atoms with Crippen molar-refractivity contribution in [3.05, 3.63) is 88.4 Å². The van der Waals surface area contributed by atoms with Crippen LogP contribution in [0.15, 0.2) is 71.6 Å². The third-order valence-corrected chi connectivity index (χ3v) is 6.68. The number of halogens is 1. The average Bonchev–Trinajstić information content (AvgIpc) is 2.75. The SMILES string of the molecule is COc1ccc(C(C)NC(=O)c2ccc(Cl)c(S(=O)(=O)Nc3ccccc3C)c2)cc1. The molecule has 1 atom stereocenters. The number of carbonyl (C=O) groups excluding carboxylic acids is 1. The van der Waals surface area contributed by atoms with Crippen molar-refractivity contribution in [2.45, 2.75) is 24.8 Å². The number of hydrogen-bond acceptors (Lipinski definition) is 4. The van der Waals surface area contributed by atoms with Crippen LogP contribution in [0.1, 0.15) is 34.5 Å². The highest BCUT2D eigenvalue weighted by molar-refractivity contribution is 7.92. The van der Waals surface area contributed by atoms with E-state index in [0.29, 0.717) is 5.69 Å². The van der Waals surface area contributed by atoms with Crippen molar-refractivity contribution in [2.24, 2.45) is 0 Å².